The second-order valence-corrected chi connectivity index (χ2v) is 7.09. The summed E-state index contributed by atoms with van der Waals surface area (Å²) >= 11 is 0. The van der Waals surface area contributed by atoms with E-state index in [2.05, 4.69) is 15.4 Å². The summed E-state index contributed by atoms with van der Waals surface area (Å²) < 4.78 is 9.22. The number of hydrogen-bond donors (Lipinski definition) is 0. The summed E-state index contributed by atoms with van der Waals surface area (Å²) in [6, 6.07) is 2.09. The average Bonchev–Trinajstić information content (AvgIpc) is 3.00. The van der Waals surface area contributed by atoms with Crippen molar-refractivity contribution < 1.29 is 9.53 Å². The van der Waals surface area contributed by atoms with Crippen LogP contribution in [0, 0.1) is 12.8 Å². The smallest absolute Gasteiger partial charge is 0.244 e. The van der Waals surface area contributed by atoms with E-state index in [1.807, 2.05) is 35.0 Å². The molecule has 8 nitrogen and oxygen atoms in total. The first kappa shape index (κ1) is 16.3. The fourth-order valence-electron chi connectivity index (χ4n) is 3.15. The lowest BCUT2D eigenvalue weighted by molar-refractivity contribution is -0.131. The zero-order chi connectivity index (χ0) is 17.2. The van der Waals surface area contributed by atoms with Crippen LogP contribution in [0.3, 0.4) is 0 Å². The Bertz CT molecular complexity index is 735. The molecule has 4 rings (SSSR count). The van der Waals surface area contributed by atoms with Gasteiger partial charge in [0.1, 0.15) is 12.2 Å². The molecule has 1 atom stereocenters. The maximum absolute atomic E-state index is 12.4. The highest BCUT2D eigenvalue weighted by Gasteiger charge is 2.28. The number of hydrogen-bond acceptors (Lipinski definition) is 5. The molecule has 25 heavy (non-hydrogen) atoms. The Kier molecular flexibility index (Phi) is 4.52. The summed E-state index contributed by atoms with van der Waals surface area (Å²) in [7, 11) is 0. The topological polar surface area (TPSA) is 78.1 Å². The number of ether oxygens (including phenoxy) is 1. The fraction of sp³-hybridized carbons (Fsp3) is 0.647. The fourth-order valence-corrected chi connectivity index (χ4v) is 3.15. The number of rotatable bonds is 7. The van der Waals surface area contributed by atoms with Gasteiger partial charge in [0.25, 0.3) is 0 Å². The van der Waals surface area contributed by atoms with Crippen LogP contribution in [0.15, 0.2) is 18.5 Å². The van der Waals surface area contributed by atoms with Crippen molar-refractivity contribution >= 4 is 5.91 Å². The van der Waals surface area contributed by atoms with Crippen LogP contribution in [0.4, 0.5) is 0 Å². The predicted molar refractivity (Wildman–Crippen MR) is 89.6 cm³/mol. The van der Waals surface area contributed by atoms with Crippen LogP contribution < -0.4 is 0 Å². The van der Waals surface area contributed by atoms with Crippen LogP contribution in [0.5, 0.6) is 0 Å². The first-order valence-electron chi connectivity index (χ1n) is 8.93. The quantitative estimate of drug-likeness (QED) is 0.754. The number of amides is 1. The second kappa shape index (κ2) is 6.95. The third kappa shape index (κ3) is 4.07. The van der Waals surface area contributed by atoms with Crippen molar-refractivity contribution in [3.05, 3.63) is 29.8 Å². The molecule has 2 aliphatic rings. The Balaban J connectivity index is 1.28. The van der Waals surface area contributed by atoms with E-state index in [0.29, 0.717) is 13.2 Å². The Labute approximate surface area is 146 Å². The average molecular weight is 344 g/mol. The molecule has 0 radical (unpaired) electrons. The molecule has 1 saturated heterocycles. The maximum Gasteiger partial charge on any atom is 0.244 e. The first-order valence-corrected chi connectivity index (χ1v) is 8.93. The van der Waals surface area contributed by atoms with Gasteiger partial charge in [-0.1, -0.05) is 5.21 Å². The van der Waals surface area contributed by atoms with Crippen molar-refractivity contribution in [1.29, 1.82) is 0 Å². The lowest BCUT2D eigenvalue weighted by Gasteiger charge is -2.16. The van der Waals surface area contributed by atoms with E-state index in [4.69, 9.17) is 4.74 Å². The summed E-state index contributed by atoms with van der Waals surface area (Å²) in [5.74, 6) is 0.849. The van der Waals surface area contributed by atoms with Crippen molar-refractivity contribution in [1.82, 2.24) is 29.7 Å². The molecule has 0 aromatic carbocycles. The molecular formula is C17H24N6O2. The van der Waals surface area contributed by atoms with E-state index in [-0.39, 0.29) is 18.5 Å². The van der Waals surface area contributed by atoms with Crippen molar-refractivity contribution in [3.63, 3.8) is 0 Å². The number of carbonyl (C=O) groups excluding carboxylic acids is 1. The van der Waals surface area contributed by atoms with Gasteiger partial charge in [-0.2, -0.15) is 5.10 Å². The first-order chi connectivity index (χ1) is 12.2. The second-order valence-electron chi connectivity index (χ2n) is 7.09. The van der Waals surface area contributed by atoms with E-state index in [1.54, 1.807) is 4.68 Å². The predicted octanol–water partition coefficient (Wildman–Crippen LogP) is 1.18. The van der Waals surface area contributed by atoms with Crippen molar-refractivity contribution in [2.24, 2.45) is 5.92 Å². The lowest BCUT2D eigenvalue weighted by Crippen LogP contribution is -2.32. The van der Waals surface area contributed by atoms with Gasteiger partial charge in [0.15, 0.2) is 0 Å². The Morgan fingerprint density at radius 2 is 2.24 bits per heavy atom. The zero-order valence-electron chi connectivity index (χ0n) is 14.5. The molecule has 0 N–H and O–H groups in total. The highest BCUT2D eigenvalue weighted by Crippen LogP contribution is 2.29. The van der Waals surface area contributed by atoms with Crippen molar-refractivity contribution in [2.75, 3.05) is 19.7 Å². The van der Waals surface area contributed by atoms with E-state index in [9.17, 15) is 4.79 Å². The normalized spacial score (nSPS) is 20.4. The van der Waals surface area contributed by atoms with E-state index >= 15 is 0 Å². The molecule has 0 spiro atoms. The molecular weight excluding hydrogens is 320 g/mol. The van der Waals surface area contributed by atoms with Crippen LogP contribution in [0.25, 0.3) is 0 Å². The van der Waals surface area contributed by atoms with Gasteiger partial charge in [0.05, 0.1) is 24.5 Å². The minimum atomic E-state index is 0.0960. The highest BCUT2D eigenvalue weighted by atomic mass is 16.5. The number of aromatic nitrogens is 5. The molecule has 2 aromatic rings. The Morgan fingerprint density at radius 1 is 1.36 bits per heavy atom. The Hall–Kier alpha value is -2.22. The SMILES string of the molecule is Cc1ccn(CC(=O)N2CCC(n3cc(COCC4CC4)nn3)C2)n1. The third-order valence-corrected chi connectivity index (χ3v) is 4.82. The largest absolute Gasteiger partial charge is 0.375 e. The molecule has 2 fully saturated rings. The van der Waals surface area contributed by atoms with Gasteiger partial charge in [0, 0.05) is 25.9 Å². The van der Waals surface area contributed by atoms with E-state index in [0.717, 1.165) is 36.9 Å². The molecule has 1 unspecified atom stereocenters. The summed E-state index contributed by atoms with van der Waals surface area (Å²) in [6.07, 6.45) is 7.26. The van der Waals surface area contributed by atoms with Gasteiger partial charge >= 0.3 is 0 Å². The summed E-state index contributed by atoms with van der Waals surface area (Å²) in [5, 5.41) is 12.7. The van der Waals surface area contributed by atoms with Crippen molar-refractivity contribution in [3.8, 4) is 0 Å². The van der Waals surface area contributed by atoms with E-state index < -0.39 is 0 Å². The number of aryl methyl sites for hydroxylation is 1. The molecule has 0 bridgehead atoms. The summed E-state index contributed by atoms with van der Waals surface area (Å²) in [5.41, 5.74) is 1.78. The Morgan fingerprint density at radius 3 is 3.00 bits per heavy atom. The molecule has 1 aliphatic carbocycles. The van der Waals surface area contributed by atoms with Crippen LogP contribution in [0.1, 0.15) is 36.7 Å². The molecule has 3 heterocycles. The minimum absolute atomic E-state index is 0.0960. The van der Waals surface area contributed by atoms with Gasteiger partial charge < -0.3 is 9.64 Å². The standard InChI is InChI=1S/C17H24N6O2/c1-13-4-7-22(19-13)10-17(24)21-6-5-16(9-21)23-8-15(18-20-23)12-25-11-14-2-3-14/h4,7-8,14,16H,2-3,5-6,9-12H2,1H3. The zero-order valence-corrected chi connectivity index (χ0v) is 14.5. The lowest BCUT2D eigenvalue weighted by atomic mass is 10.3. The van der Waals surface area contributed by atoms with Crippen LogP contribution >= 0.6 is 0 Å². The summed E-state index contributed by atoms with van der Waals surface area (Å²) in [4.78, 5) is 14.3. The van der Waals surface area contributed by atoms with Crippen molar-refractivity contribution in [2.45, 2.75) is 45.4 Å². The van der Waals surface area contributed by atoms with Gasteiger partial charge in [-0.3, -0.25) is 9.48 Å². The van der Waals surface area contributed by atoms with E-state index in [1.165, 1.54) is 12.8 Å². The van der Waals surface area contributed by atoms with Gasteiger partial charge in [-0.15, -0.1) is 5.10 Å². The van der Waals surface area contributed by atoms with Gasteiger partial charge in [-0.25, -0.2) is 4.68 Å². The van der Waals surface area contributed by atoms with Crippen LogP contribution in [-0.2, 0) is 22.7 Å². The van der Waals surface area contributed by atoms with Crippen LogP contribution in [-0.4, -0.2) is 55.3 Å². The molecule has 1 saturated carbocycles. The maximum atomic E-state index is 12.4. The number of carbonyl (C=O) groups is 1. The molecule has 134 valence electrons. The van der Waals surface area contributed by atoms with Crippen LogP contribution in [0.2, 0.25) is 0 Å². The molecule has 1 aliphatic heterocycles. The number of likely N-dealkylation sites (tertiary alicyclic amines) is 1. The minimum Gasteiger partial charge on any atom is -0.375 e. The van der Waals surface area contributed by atoms with Gasteiger partial charge in [-0.05, 0) is 38.2 Å². The molecule has 2 aromatic heterocycles. The number of nitrogens with zero attached hydrogens (tertiary/aromatic N) is 6. The molecule has 8 heteroatoms. The van der Waals surface area contributed by atoms with Gasteiger partial charge in [0.2, 0.25) is 5.91 Å². The summed E-state index contributed by atoms with van der Waals surface area (Å²) in [6.45, 7) is 4.97. The molecule has 1 amide bonds. The monoisotopic (exact) mass is 344 g/mol. The third-order valence-electron chi connectivity index (χ3n) is 4.82. The highest BCUT2D eigenvalue weighted by molar-refractivity contribution is 5.76.